The number of carbonyl (C=O) groups excluding carboxylic acids is 1. The number of rotatable bonds is 6. The number of nitrogens with zero attached hydrogens (tertiary/aromatic N) is 2. The Balaban J connectivity index is 2.29. The molecule has 1 amide bonds. The normalized spacial score (nSPS) is 23.7. The monoisotopic (exact) mass is 256 g/mol. The Morgan fingerprint density at radius 2 is 1.83 bits per heavy atom. The molecule has 1 saturated heterocycles. The van der Waals surface area contributed by atoms with Crippen molar-refractivity contribution < 1.29 is 14.7 Å². The number of likely N-dealkylation sites (tertiary alicyclic amines) is 1. The molecule has 0 spiro atoms. The molecule has 2 unspecified atom stereocenters. The molecule has 1 heterocycles. The Labute approximate surface area is 109 Å². The van der Waals surface area contributed by atoms with E-state index < -0.39 is 5.97 Å². The van der Waals surface area contributed by atoms with Crippen molar-refractivity contribution in [3.8, 4) is 0 Å². The molecular weight excluding hydrogens is 232 g/mol. The zero-order chi connectivity index (χ0) is 13.7. The second kappa shape index (κ2) is 6.73. The standard InChI is InChI=1S/C13H24N2O3/c1-10-8-15(9-11(10)14(2)3)12(16)6-4-5-7-13(17)18/h10-11H,4-9H2,1-3H3,(H,17,18). The van der Waals surface area contributed by atoms with Crippen LogP contribution in [0.1, 0.15) is 32.6 Å². The van der Waals surface area contributed by atoms with E-state index in [0.29, 0.717) is 31.2 Å². The molecular formula is C13H24N2O3. The van der Waals surface area contributed by atoms with E-state index in [0.717, 1.165) is 13.1 Å². The zero-order valence-electron chi connectivity index (χ0n) is 11.6. The number of carbonyl (C=O) groups is 2. The minimum atomic E-state index is -0.787. The van der Waals surface area contributed by atoms with Crippen LogP contribution >= 0.6 is 0 Å². The SMILES string of the molecule is CC1CN(C(=O)CCCCC(=O)O)CC1N(C)C. The first kappa shape index (κ1) is 15.0. The van der Waals surface area contributed by atoms with Gasteiger partial charge in [-0.2, -0.15) is 0 Å². The lowest BCUT2D eigenvalue weighted by molar-refractivity contribution is -0.137. The fraction of sp³-hybridized carbons (Fsp3) is 0.846. The average Bonchev–Trinajstić information content (AvgIpc) is 2.66. The summed E-state index contributed by atoms with van der Waals surface area (Å²) in [6.45, 7) is 3.79. The molecule has 1 rings (SSSR count). The van der Waals surface area contributed by atoms with Crippen molar-refractivity contribution in [2.45, 2.75) is 38.6 Å². The Kier molecular flexibility index (Phi) is 5.59. The van der Waals surface area contributed by atoms with E-state index in [2.05, 4.69) is 11.8 Å². The predicted octanol–water partition coefficient (Wildman–Crippen LogP) is 1.04. The van der Waals surface area contributed by atoms with Crippen LogP contribution in [0.5, 0.6) is 0 Å². The van der Waals surface area contributed by atoms with Gasteiger partial charge in [-0.1, -0.05) is 6.92 Å². The maximum atomic E-state index is 12.0. The van der Waals surface area contributed by atoms with Crippen LogP contribution in [0, 0.1) is 5.92 Å². The van der Waals surface area contributed by atoms with Crippen molar-refractivity contribution >= 4 is 11.9 Å². The fourth-order valence-corrected chi connectivity index (χ4v) is 2.54. The lowest BCUT2D eigenvalue weighted by atomic mass is 10.1. The van der Waals surface area contributed by atoms with Gasteiger partial charge in [0.05, 0.1) is 0 Å². The molecule has 0 aliphatic carbocycles. The van der Waals surface area contributed by atoms with Gasteiger partial charge in [-0.25, -0.2) is 0 Å². The summed E-state index contributed by atoms with van der Waals surface area (Å²) in [5.74, 6) is -0.121. The smallest absolute Gasteiger partial charge is 0.303 e. The van der Waals surface area contributed by atoms with Crippen LogP contribution in [0.3, 0.4) is 0 Å². The van der Waals surface area contributed by atoms with Gasteiger partial charge >= 0.3 is 5.97 Å². The minimum Gasteiger partial charge on any atom is -0.481 e. The van der Waals surface area contributed by atoms with Crippen LogP contribution in [0.2, 0.25) is 0 Å². The number of likely N-dealkylation sites (N-methyl/N-ethyl adjacent to an activating group) is 1. The highest BCUT2D eigenvalue weighted by Gasteiger charge is 2.33. The zero-order valence-corrected chi connectivity index (χ0v) is 11.6. The molecule has 5 nitrogen and oxygen atoms in total. The Bertz CT molecular complexity index is 305. The van der Waals surface area contributed by atoms with Crippen molar-refractivity contribution in [1.29, 1.82) is 0 Å². The maximum Gasteiger partial charge on any atom is 0.303 e. The van der Waals surface area contributed by atoms with E-state index in [1.165, 1.54) is 0 Å². The Morgan fingerprint density at radius 1 is 1.22 bits per heavy atom. The van der Waals surface area contributed by atoms with Gasteiger partial charge in [0.2, 0.25) is 5.91 Å². The lowest BCUT2D eigenvalue weighted by Crippen LogP contribution is -2.35. The van der Waals surface area contributed by atoms with Crippen LogP contribution in [-0.4, -0.2) is 60.0 Å². The van der Waals surface area contributed by atoms with Crippen LogP contribution < -0.4 is 0 Å². The summed E-state index contributed by atoms with van der Waals surface area (Å²) in [7, 11) is 4.09. The van der Waals surface area contributed by atoms with Crippen LogP contribution in [0.15, 0.2) is 0 Å². The molecule has 0 bridgehead atoms. The van der Waals surface area contributed by atoms with E-state index in [1.807, 2.05) is 19.0 Å². The van der Waals surface area contributed by atoms with Gasteiger partial charge < -0.3 is 14.9 Å². The number of amides is 1. The summed E-state index contributed by atoms with van der Waals surface area (Å²) in [5, 5.41) is 8.52. The van der Waals surface area contributed by atoms with Gasteiger partial charge in [0.15, 0.2) is 0 Å². The molecule has 1 aliphatic rings. The molecule has 0 aromatic carbocycles. The molecule has 0 radical (unpaired) electrons. The third kappa shape index (κ3) is 4.29. The van der Waals surface area contributed by atoms with Crippen molar-refractivity contribution in [3.63, 3.8) is 0 Å². The van der Waals surface area contributed by atoms with Crippen molar-refractivity contribution in [2.75, 3.05) is 27.2 Å². The van der Waals surface area contributed by atoms with Gasteiger partial charge in [-0.15, -0.1) is 0 Å². The summed E-state index contributed by atoms with van der Waals surface area (Å²) in [5.41, 5.74) is 0. The molecule has 0 aromatic rings. The highest BCUT2D eigenvalue weighted by Crippen LogP contribution is 2.21. The third-order valence-electron chi connectivity index (χ3n) is 3.62. The van der Waals surface area contributed by atoms with Gasteiger partial charge in [0.25, 0.3) is 0 Å². The number of carboxylic acid groups (broad SMARTS) is 1. The summed E-state index contributed by atoms with van der Waals surface area (Å²) in [4.78, 5) is 26.4. The van der Waals surface area contributed by atoms with Gasteiger partial charge in [-0.3, -0.25) is 9.59 Å². The van der Waals surface area contributed by atoms with Crippen LogP contribution in [0.4, 0.5) is 0 Å². The summed E-state index contributed by atoms with van der Waals surface area (Å²) in [6, 6.07) is 0.438. The highest BCUT2D eigenvalue weighted by molar-refractivity contribution is 5.76. The molecule has 1 fully saturated rings. The van der Waals surface area contributed by atoms with Crippen molar-refractivity contribution in [2.24, 2.45) is 5.92 Å². The summed E-state index contributed by atoms with van der Waals surface area (Å²) in [6.07, 6.45) is 1.88. The van der Waals surface area contributed by atoms with E-state index in [1.54, 1.807) is 0 Å². The summed E-state index contributed by atoms with van der Waals surface area (Å²) >= 11 is 0. The second-order valence-corrected chi connectivity index (χ2v) is 5.41. The fourth-order valence-electron chi connectivity index (χ4n) is 2.54. The van der Waals surface area contributed by atoms with E-state index >= 15 is 0 Å². The van der Waals surface area contributed by atoms with Crippen molar-refractivity contribution in [1.82, 2.24) is 9.80 Å². The molecule has 0 aromatic heterocycles. The van der Waals surface area contributed by atoms with Gasteiger partial charge in [0.1, 0.15) is 0 Å². The minimum absolute atomic E-state index is 0.157. The largest absolute Gasteiger partial charge is 0.481 e. The Morgan fingerprint density at radius 3 is 2.33 bits per heavy atom. The maximum absolute atomic E-state index is 12.0. The Hall–Kier alpha value is -1.10. The first-order valence-electron chi connectivity index (χ1n) is 6.57. The number of aliphatic carboxylic acids is 1. The number of hydrogen-bond acceptors (Lipinski definition) is 3. The number of unbranched alkanes of at least 4 members (excludes halogenated alkanes) is 1. The molecule has 18 heavy (non-hydrogen) atoms. The van der Waals surface area contributed by atoms with Crippen LogP contribution in [-0.2, 0) is 9.59 Å². The first-order chi connectivity index (χ1) is 8.41. The highest BCUT2D eigenvalue weighted by atomic mass is 16.4. The molecule has 1 aliphatic heterocycles. The topological polar surface area (TPSA) is 60.9 Å². The number of carboxylic acids is 1. The van der Waals surface area contributed by atoms with Gasteiger partial charge in [0, 0.05) is 32.0 Å². The molecule has 0 saturated carbocycles. The van der Waals surface area contributed by atoms with E-state index in [9.17, 15) is 9.59 Å². The van der Waals surface area contributed by atoms with E-state index in [4.69, 9.17) is 5.11 Å². The molecule has 5 heteroatoms. The van der Waals surface area contributed by atoms with Crippen molar-refractivity contribution in [3.05, 3.63) is 0 Å². The molecule has 2 atom stereocenters. The first-order valence-corrected chi connectivity index (χ1v) is 6.57. The summed E-state index contributed by atoms with van der Waals surface area (Å²) < 4.78 is 0. The van der Waals surface area contributed by atoms with Gasteiger partial charge in [-0.05, 0) is 32.9 Å². The average molecular weight is 256 g/mol. The molecule has 104 valence electrons. The lowest BCUT2D eigenvalue weighted by Gasteiger charge is -2.22. The van der Waals surface area contributed by atoms with E-state index in [-0.39, 0.29) is 12.3 Å². The second-order valence-electron chi connectivity index (χ2n) is 5.41. The number of hydrogen-bond donors (Lipinski definition) is 1. The molecule has 1 N–H and O–H groups in total. The third-order valence-corrected chi connectivity index (χ3v) is 3.62. The predicted molar refractivity (Wildman–Crippen MR) is 69.3 cm³/mol. The quantitative estimate of drug-likeness (QED) is 0.721. The van der Waals surface area contributed by atoms with Crippen LogP contribution in [0.25, 0.3) is 0 Å².